The number of pyridine rings is 1. The first-order valence-corrected chi connectivity index (χ1v) is 10.0. The number of hydrogen-bond acceptors (Lipinski definition) is 7. The van der Waals surface area contributed by atoms with Gasteiger partial charge in [0.05, 0.1) is 24.6 Å². The first-order valence-electron chi connectivity index (χ1n) is 10.0. The molecule has 1 aliphatic heterocycles. The largest absolute Gasteiger partial charge is 0.421 e. The summed E-state index contributed by atoms with van der Waals surface area (Å²) >= 11 is 0. The van der Waals surface area contributed by atoms with Crippen LogP contribution in [0.4, 0.5) is 5.69 Å². The van der Waals surface area contributed by atoms with E-state index >= 15 is 0 Å². The third kappa shape index (κ3) is 3.57. The molecule has 4 aromatic rings. The minimum Gasteiger partial charge on any atom is -0.406 e. The minimum atomic E-state index is -0.412. The fourth-order valence-corrected chi connectivity index (χ4v) is 3.73. The van der Waals surface area contributed by atoms with Crippen molar-refractivity contribution >= 4 is 16.9 Å². The zero-order chi connectivity index (χ0) is 20.5. The van der Waals surface area contributed by atoms with Gasteiger partial charge in [-0.3, -0.25) is 4.57 Å². The van der Waals surface area contributed by atoms with E-state index in [2.05, 4.69) is 25.2 Å². The lowest BCUT2D eigenvalue weighted by Gasteiger charge is -2.28. The molecular formula is C22H22N6O2. The van der Waals surface area contributed by atoms with Crippen LogP contribution in [0, 0.1) is 6.92 Å². The van der Waals surface area contributed by atoms with Crippen molar-refractivity contribution in [2.75, 3.05) is 31.1 Å². The summed E-state index contributed by atoms with van der Waals surface area (Å²) in [5.41, 5.74) is 4.79. The van der Waals surface area contributed by atoms with Crippen LogP contribution in [0.3, 0.4) is 0 Å². The van der Waals surface area contributed by atoms with Crippen molar-refractivity contribution in [3.05, 3.63) is 70.6 Å². The van der Waals surface area contributed by atoms with Gasteiger partial charge in [0.1, 0.15) is 0 Å². The molecule has 30 heavy (non-hydrogen) atoms. The van der Waals surface area contributed by atoms with Gasteiger partial charge < -0.3 is 14.6 Å². The highest BCUT2D eigenvalue weighted by Crippen LogP contribution is 2.20. The summed E-state index contributed by atoms with van der Waals surface area (Å²) in [5.74, 6) is 0.249. The third-order valence-electron chi connectivity index (χ3n) is 5.30. The van der Waals surface area contributed by atoms with Gasteiger partial charge in [0, 0.05) is 37.4 Å². The summed E-state index contributed by atoms with van der Waals surface area (Å²) < 4.78 is 6.87. The Labute approximate surface area is 173 Å². The monoisotopic (exact) mass is 402 g/mol. The maximum Gasteiger partial charge on any atom is 0.421 e. The van der Waals surface area contributed by atoms with Gasteiger partial charge in [-0.15, -0.1) is 0 Å². The molecule has 0 spiro atoms. The van der Waals surface area contributed by atoms with Crippen LogP contribution in [0.15, 0.2) is 58.0 Å². The van der Waals surface area contributed by atoms with Crippen LogP contribution in [0.25, 0.3) is 22.6 Å². The van der Waals surface area contributed by atoms with Gasteiger partial charge in [0.25, 0.3) is 0 Å². The highest BCUT2D eigenvalue weighted by Gasteiger charge is 2.13. The maximum atomic E-state index is 12.3. The second-order valence-corrected chi connectivity index (χ2v) is 7.43. The maximum absolute atomic E-state index is 12.3. The molecule has 1 saturated heterocycles. The number of anilines is 1. The van der Waals surface area contributed by atoms with E-state index in [0.29, 0.717) is 23.6 Å². The van der Waals surface area contributed by atoms with Crippen LogP contribution < -0.4 is 16.0 Å². The molecule has 3 aromatic heterocycles. The molecule has 5 rings (SSSR count). The van der Waals surface area contributed by atoms with Gasteiger partial charge >= 0.3 is 5.76 Å². The Bertz CT molecular complexity index is 1240. The van der Waals surface area contributed by atoms with Crippen molar-refractivity contribution in [2.45, 2.75) is 13.5 Å². The van der Waals surface area contributed by atoms with Crippen molar-refractivity contribution in [3.63, 3.8) is 0 Å². The Hall–Kier alpha value is -3.52. The molecule has 0 unspecified atom stereocenters. The highest BCUT2D eigenvalue weighted by atomic mass is 16.4. The molecule has 0 amide bonds. The molecule has 8 nitrogen and oxygen atoms in total. The predicted octanol–water partition coefficient (Wildman–Crippen LogP) is 2.21. The van der Waals surface area contributed by atoms with E-state index in [1.54, 1.807) is 10.6 Å². The molecule has 0 atom stereocenters. The van der Waals surface area contributed by atoms with Crippen molar-refractivity contribution in [2.24, 2.45) is 0 Å². The predicted molar refractivity (Wildman–Crippen MR) is 115 cm³/mol. The van der Waals surface area contributed by atoms with Crippen LogP contribution in [-0.4, -0.2) is 45.7 Å². The average Bonchev–Trinajstić information content (AvgIpc) is 3.09. The van der Waals surface area contributed by atoms with Crippen molar-refractivity contribution in [1.82, 2.24) is 24.8 Å². The summed E-state index contributed by atoms with van der Waals surface area (Å²) in [4.78, 5) is 28.2. The summed E-state index contributed by atoms with van der Waals surface area (Å²) in [6.45, 7) is 6.12. The number of aromatic nitrogens is 4. The topological polar surface area (TPSA) is 89.1 Å². The normalized spacial score (nSPS) is 14.4. The minimum absolute atomic E-state index is 0.370. The highest BCUT2D eigenvalue weighted by molar-refractivity contribution is 5.68. The van der Waals surface area contributed by atoms with E-state index in [0.717, 1.165) is 48.7 Å². The Morgan fingerprint density at radius 3 is 2.70 bits per heavy atom. The van der Waals surface area contributed by atoms with Crippen molar-refractivity contribution in [3.8, 4) is 11.4 Å². The Balaban J connectivity index is 1.42. The summed E-state index contributed by atoms with van der Waals surface area (Å²) in [6, 6.07) is 11.5. The number of benzene rings is 1. The summed E-state index contributed by atoms with van der Waals surface area (Å²) in [5, 5.41) is 3.35. The fourth-order valence-electron chi connectivity index (χ4n) is 3.73. The van der Waals surface area contributed by atoms with E-state index in [1.807, 2.05) is 49.6 Å². The number of nitrogens with one attached hydrogen (secondary N) is 1. The van der Waals surface area contributed by atoms with Gasteiger partial charge in [0.2, 0.25) is 0 Å². The number of hydrogen-bond donors (Lipinski definition) is 1. The molecule has 1 N–H and O–H groups in total. The molecular weight excluding hydrogens is 380 g/mol. The lowest BCUT2D eigenvalue weighted by molar-refractivity contribution is 0.517. The van der Waals surface area contributed by atoms with Gasteiger partial charge in [0.15, 0.2) is 17.1 Å². The molecule has 0 radical (unpaired) electrons. The zero-order valence-electron chi connectivity index (χ0n) is 16.7. The van der Waals surface area contributed by atoms with E-state index in [-0.39, 0.29) is 0 Å². The van der Waals surface area contributed by atoms with Crippen LogP contribution in [-0.2, 0) is 6.54 Å². The molecule has 4 heterocycles. The van der Waals surface area contributed by atoms with Gasteiger partial charge in [-0.1, -0.05) is 18.2 Å². The molecule has 8 heteroatoms. The number of oxazole rings is 1. The Morgan fingerprint density at radius 2 is 1.90 bits per heavy atom. The van der Waals surface area contributed by atoms with E-state index < -0.39 is 5.76 Å². The van der Waals surface area contributed by atoms with Crippen LogP contribution in [0.1, 0.15) is 11.3 Å². The summed E-state index contributed by atoms with van der Waals surface area (Å²) in [6.07, 6.45) is 3.75. The van der Waals surface area contributed by atoms with Gasteiger partial charge in [-0.25, -0.2) is 19.7 Å². The lowest BCUT2D eigenvalue weighted by atomic mass is 10.1. The van der Waals surface area contributed by atoms with E-state index in [4.69, 9.17) is 4.42 Å². The van der Waals surface area contributed by atoms with Crippen molar-refractivity contribution in [1.29, 1.82) is 0 Å². The Kier molecular flexibility index (Phi) is 4.76. The second kappa shape index (κ2) is 7.72. The number of fused-ring (bicyclic) bond motifs is 1. The van der Waals surface area contributed by atoms with E-state index in [1.165, 1.54) is 0 Å². The van der Waals surface area contributed by atoms with Crippen LogP contribution >= 0.6 is 0 Å². The Morgan fingerprint density at radius 1 is 1.10 bits per heavy atom. The fraction of sp³-hybridized carbons (Fsp3) is 0.273. The zero-order valence-corrected chi connectivity index (χ0v) is 16.7. The van der Waals surface area contributed by atoms with Gasteiger partial charge in [-0.05, 0) is 30.7 Å². The second-order valence-electron chi connectivity index (χ2n) is 7.43. The summed E-state index contributed by atoms with van der Waals surface area (Å²) in [7, 11) is 0. The number of aryl methyl sites for hydroxylation is 1. The first kappa shape index (κ1) is 18.5. The molecule has 0 bridgehead atoms. The van der Waals surface area contributed by atoms with Crippen LogP contribution in [0.2, 0.25) is 0 Å². The van der Waals surface area contributed by atoms with Crippen molar-refractivity contribution < 1.29 is 4.42 Å². The molecule has 0 saturated carbocycles. The molecule has 1 fully saturated rings. The molecule has 1 aliphatic rings. The molecule has 0 aliphatic carbocycles. The first-order chi connectivity index (χ1) is 14.7. The average molecular weight is 402 g/mol. The standard InChI is InChI=1S/C22H22N6O2/c1-15-5-6-19-21(26-15)28(22(29)30-19)14-16-3-2-4-17(11-16)20-24-12-18(13-25-20)27-9-7-23-8-10-27/h2-6,11-13,23H,7-10,14H2,1H3. The number of piperazine rings is 1. The van der Waals surface area contributed by atoms with E-state index in [9.17, 15) is 4.79 Å². The lowest BCUT2D eigenvalue weighted by Crippen LogP contribution is -2.43. The number of nitrogens with zero attached hydrogens (tertiary/aromatic N) is 5. The molecule has 1 aromatic carbocycles. The number of rotatable bonds is 4. The van der Waals surface area contributed by atoms with Gasteiger partial charge in [-0.2, -0.15) is 0 Å². The quantitative estimate of drug-likeness (QED) is 0.560. The molecule has 152 valence electrons. The third-order valence-corrected chi connectivity index (χ3v) is 5.30. The smallest absolute Gasteiger partial charge is 0.406 e. The van der Waals surface area contributed by atoms with Crippen LogP contribution in [0.5, 0.6) is 0 Å². The SMILES string of the molecule is Cc1ccc2oc(=O)n(Cc3cccc(-c4ncc(N5CCNCC5)cn4)c3)c2n1.